The molecule has 1 atom stereocenters. The second-order valence-electron chi connectivity index (χ2n) is 10.3. The van der Waals surface area contributed by atoms with Crippen LogP contribution in [0.5, 0.6) is 17.2 Å². The summed E-state index contributed by atoms with van der Waals surface area (Å²) in [5.41, 5.74) is 1.31. The SMILES string of the molecule is COc1ccc(CN(C(=O)CCCN(c2ccc3c(c2)OCCO3)S(C)(=O)=O)C(C)C(=O)NC2CCCC2)cc1. The van der Waals surface area contributed by atoms with Gasteiger partial charge in [-0.25, -0.2) is 8.42 Å². The number of hydrogen-bond acceptors (Lipinski definition) is 7. The van der Waals surface area contributed by atoms with E-state index in [-0.39, 0.29) is 43.8 Å². The van der Waals surface area contributed by atoms with Crippen molar-refractivity contribution in [1.82, 2.24) is 10.2 Å². The quantitative estimate of drug-likeness (QED) is 0.413. The Kier molecular flexibility index (Phi) is 9.78. The van der Waals surface area contributed by atoms with Crippen LogP contribution >= 0.6 is 0 Å². The molecule has 40 heavy (non-hydrogen) atoms. The highest BCUT2D eigenvalue weighted by Crippen LogP contribution is 2.34. The zero-order valence-electron chi connectivity index (χ0n) is 23.4. The number of hydrogen-bond donors (Lipinski definition) is 1. The van der Waals surface area contributed by atoms with Crippen molar-refractivity contribution in [2.75, 3.05) is 37.4 Å². The summed E-state index contributed by atoms with van der Waals surface area (Å²) in [4.78, 5) is 28.2. The number of nitrogens with zero attached hydrogens (tertiary/aromatic N) is 2. The fourth-order valence-electron chi connectivity index (χ4n) is 5.09. The zero-order valence-corrected chi connectivity index (χ0v) is 24.2. The molecular weight excluding hydrogens is 534 g/mol. The summed E-state index contributed by atoms with van der Waals surface area (Å²) in [6, 6.07) is 11.8. The molecule has 218 valence electrons. The molecular formula is C29H39N3O7S. The molecule has 0 bridgehead atoms. The van der Waals surface area contributed by atoms with Gasteiger partial charge in [-0.3, -0.25) is 13.9 Å². The van der Waals surface area contributed by atoms with Gasteiger partial charge in [-0.15, -0.1) is 0 Å². The Morgan fingerprint density at radius 3 is 2.38 bits per heavy atom. The van der Waals surface area contributed by atoms with Gasteiger partial charge in [0.15, 0.2) is 11.5 Å². The average Bonchev–Trinajstić information content (AvgIpc) is 3.46. The maximum atomic E-state index is 13.5. The number of nitrogens with one attached hydrogen (secondary N) is 1. The first kappa shape index (κ1) is 29.5. The summed E-state index contributed by atoms with van der Waals surface area (Å²) >= 11 is 0. The first-order valence-electron chi connectivity index (χ1n) is 13.8. The molecule has 0 spiro atoms. The highest BCUT2D eigenvalue weighted by Gasteiger charge is 2.29. The molecule has 4 rings (SSSR count). The maximum absolute atomic E-state index is 13.5. The van der Waals surface area contributed by atoms with E-state index < -0.39 is 16.1 Å². The van der Waals surface area contributed by atoms with E-state index in [9.17, 15) is 18.0 Å². The Morgan fingerprint density at radius 1 is 1.05 bits per heavy atom. The Labute approximate surface area is 236 Å². The lowest BCUT2D eigenvalue weighted by Gasteiger charge is -2.30. The predicted molar refractivity (Wildman–Crippen MR) is 152 cm³/mol. The first-order valence-corrected chi connectivity index (χ1v) is 15.6. The molecule has 0 radical (unpaired) electrons. The number of sulfonamides is 1. The van der Waals surface area contributed by atoms with Gasteiger partial charge in [-0.2, -0.15) is 0 Å². The molecule has 1 heterocycles. The summed E-state index contributed by atoms with van der Waals surface area (Å²) in [6.07, 6.45) is 5.57. The van der Waals surface area contributed by atoms with Gasteiger partial charge < -0.3 is 24.4 Å². The second kappa shape index (κ2) is 13.3. The highest BCUT2D eigenvalue weighted by molar-refractivity contribution is 7.92. The van der Waals surface area contributed by atoms with Crippen LogP contribution in [0.1, 0.15) is 51.0 Å². The monoisotopic (exact) mass is 573 g/mol. The van der Waals surface area contributed by atoms with Crippen molar-refractivity contribution in [2.45, 2.75) is 64.1 Å². The molecule has 1 unspecified atom stereocenters. The molecule has 0 aromatic heterocycles. The number of methoxy groups -OCH3 is 1. The zero-order chi connectivity index (χ0) is 28.7. The minimum atomic E-state index is -3.63. The number of fused-ring (bicyclic) bond motifs is 1. The van der Waals surface area contributed by atoms with Crippen LogP contribution in [0.15, 0.2) is 42.5 Å². The molecule has 2 aromatic rings. The van der Waals surface area contributed by atoms with E-state index in [1.807, 2.05) is 24.3 Å². The fraction of sp³-hybridized carbons (Fsp3) is 0.517. The summed E-state index contributed by atoms with van der Waals surface area (Å²) in [7, 11) is -2.04. The van der Waals surface area contributed by atoms with Gasteiger partial charge in [-0.1, -0.05) is 25.0 Å². The lowest BCUT2D eigenvalue weighted by atomic mass is 10.1. The number of benzene rings is 2. The number of rotatable bonds is 12. The van der Waals surface area contributed by atoms with Crippen LogP contribution in [0.3, 0.4) is 0 Å². The van der Waals surface area contributed by atoms with Gasteiger partial charge in [-0.05, 0) is 56.0 Å². The van der Waals surface area contributed by atoms with Crippen molar-refractivity contribution < 1.29 is 32.2 Å². The normalized spacial score (nSPS) is 15.8. The lowest BCUT2D eigenvalue weighted by molar-refractivity contribution is -0.141. The van der Waals surface area contributed by atoms with Crippen molar-refractivity contribution in [2.24, 2.45) is 0 Å². The lowest BCUT2D eigenvalue weighted by Crippen LogP contribution is -2.49. The topological polar surface area (TPSA) is 114 Å². The van der Waals surface area contributed by atoms with E-state index in [2.05, 4.69) is 5.32 Å². The Morgan fingerprint density at radius 2 is 1.73 bits per heavy atom. The van der Waals surface area contributed by atoms with Crippen molar-refractivity contribution >= 4 is 27.5 Å². The molecule has 1 saturated carbocycles. The van der Waals surface area contributed by atoms with Crippen molar-refractivity contribution in [3.05, 3.63) is 48.0 Å². The summed E-state index contributed by atoms with van der Waals surface area (Å²) in [6.45, 7) is 2.92. The minimum absolute atomic E-state index is 0.0772. The summed E-state index contributed by atoms with van der Waals surface area (Å²) < 4.78 is 43.0. The number of ether oxygens (including phenoxy) is 3. The van der Waals surface area contributed by atoms with Crippen LogP contribution in [0, 0.1) is 0 Å². The van der Waals surface area contributed by atoms with E-state index in [1.54, 1.807) is 37.1 Å². The fourth-order valence-corrected chi connectivity index (χ4v) is 6.05. The highest BCUT2D eigenvalue weighted by atomic mass is 32.2. The third-order valence-corrected chi connectivity index (χ3v) is 8.54. The van der Waals surface area contributed by atoms with Crippen LogP contribution in [-0.2, 0) is 26.2 Å². The number of anilines is 1. The van der Waals surface area contributed by atoms with E-state index >= 15 is 0 Å². The predicted octanol–water partition coefficient (Wildman–Crippen LogP) is 3.49. The van der Waals surface area contributed by atoms with Gasteiger partial charge in [0.2, 0.25) is 21.8 Å². The Hall–Kier alpha value is -3.47. The van der Waals surface area contributed by atoms with E-state index in [0.717, 1.165) is 37.5 Å². The summed E-state index contributed by atoms with van der Waals surface area (Å²) in [5, 5.41) is 3.10. The van der Waals surface area contributed by atoms with Gasteiger partial charge in [0, 0.05) is 31.6 Å². The molecule has 1 fully saturated rings. The molecule has 1 N–H and O–H groups in total. The Balaban J connectivity index is 1.45. The van der Waals surface area contributed by atoms with Gasteiger partial charge in [0.05, 0.1) is 19.1 Å². The van der Waals surface area contributed by atoms with Crippen LogP contribution in [-0.4, -0.2) is 70.3 Å². The van der Waals surface area contributed by atoms with Gasteiger partial charge >= 0.3 is 0 Å². The van der Waals surface area contributed by atoms with E-state index in [4.69, 9.17) is 14.2 Å². The standard InChI is InChI=1S/C29H39N3O7S/c1-21(29(34)30-23-7-4-5-8-23)31(20-22-10-13-25(37-2)14-11-22)28(33)9-6-16-32(40(3,35)36)24-12-15-26-27(19-24)39-18-17-38-26/h10-15,19,21,23H,4-9,16-18,20H2,1-3H3,(H,30,34). The van der Waals surface area contributed by atoms with Crippen molar-refractivity contribution in [3.8, 4) is 17.2 Å². The summed E-state index contributed by atoms with van der Waals surface area (Å²) in [5.74, 6) is 1.36. The second-order valence-corrected chi connectivity index (χ2v) is 12.2. The Bertz CT molecular complexity index is 1280. The molecule has 2 amide bonds. The third kappa shape index (κ3) is 7.59. The smallest absolute Gasteiger partial charge is 0.242 e. The van der Waals surface area contributed by atoms with Gasteiger partial charge in [0.1, 0.15) is 25.0 Å². The molecule has 2 aromatic carbocycles. The number of carbonyl (C=O) groups excluding carboxylic acids is 2. The molecule has 2 aliphatic rings. The first-order chi connectivity index (χ1) is 19.2. The average molecular weight is 574 g/mol. The van der Waals surface area contributed by atoms with Crippen molar-refractivity contribution in [1.29, 1.82) is 0 Å². The minimum Gasteiger partial charge on any atom is -0.497 e. The molecule has 11 heteroatoms. The van der Waals surface area contributed by atoms with E-state index in [1.165, 1.54) is 4.31 Å². The number of amides is 2. The van der Waals surface area contributed by atoms with Crippen molar-refractivity contribution in [3.63, 3.8) is 0 Å². The molecule has 0 saturated heterocycles. The largest absolute Gasteiger partial charge is 0.497 e. The van der Waals surface area contributed by atoms with Crippen LogP contribution in [0.4, 0.5) is 5.69 Å². The van der Waals surface area contributed by atoms with E-state index in [0.29, 0.717) is 36.1 Å². The molecule has 10 nitrogen and oxygen atoms in total. The van der Waals surface area contributed by atoms with Gasteiger partial charge in [0.25, 0.3) is 0 Å². The molecule has 1 aliphatic carbocycles. The third-order valence-electron chi connectivity index (χ3n) is 7.35. The number of carbonyl (C=O) groups is 2. The molecule has 1 aliphatic heterocycles. The van der Waals surface area contributed by atoms with Crippen LogP contribution in [0.2, 0.25) is 0 Å². The van der Waals surface area contributed by atoms with Crippen LogP contribution < -0.4 is 23.8 Å². The maximum Gasteiger partial charge on any atom is 0.242 e. The van der Waals surface area contributed by atoms with Crippen LogP contribution in [0.25, 0.3) is 0 Å².